The highest BCUT2D eigenvalue weighted by atomic mass is 15.0. The van der Waals surface area contributed by atoms with Gasteiger partial charge in [-0.05, 0) is 53.1 Å². The molecule has 0 saturated carbocycles. The van der Waals surface area contributed by atoms with Crippen molar-refractivity contribution in [2.75, 3.05) is 0 Å². The molecule has 0 radical (unpaired) electrons. The summed E-state index contributed by atoms with van der Waals surface area (Å²) in [4.78, 5) is 10.6. The number of rotatable bonds is 4. The Kier molecular flexibility index (Phi) is 5.57. The van der Waals surface area contributed by atoms with E-state index in [0.29, 0.717) is 0 Å². The Morgan fingerprint density at radius 1 is 0.477 bits per heavy atom. The minimum Gasteiger partial charge on any atom is -0.309 e. The summed E-state index contributed by atoms with van der Waals surface area (Å²) < 4.78 is 2.34. The van der Waals surface area contributed by atoms with Gasteiger partial charge in [0.2, 0.25) is 0 Å². The number of para-hydroxylation sites is 2. The molecule has 0 aliphatic heterocycles. The van der Waals surface area contributed by atoms with Crippen LogP contribution in [0.2, 0.25) is 0 Å². The van der Waals surface area contributed by atoms with Crippen molar-refractivity contribution >= 4 is 21.8 Å². The van der Waals surface area contributed by atoms with E-state index in [2.05, 4.69) is 162 Å². The Bertz CT molecular complexity index is 2260. The van der Waals surface area contributed by atoms with Crippen molar-refractivity contribution in [2.24, 2.45) is 0 Å². The van der Waals surface area contributed by atoms with Gasteiger partial charge in [-0.2, -0.15) is 0 Å². The normalized spacial score (nSPS) is 13.7. The third kappa shape index (κ3) is 3.76. The maximum atomic E-state index is 5.36. The van der Waals surface area contributed by atoms with E-state index < -0.39 is 0 Å². The fourth-order valence-corrected chi connectivity index (χ4v) is 6.95. The first-order valence-electron chi connectivity index (χ1n) is 15.1. The van der Waals surface area contributed by atoms with Crippen molar-refractivity contribution in [3.8, 4) is 39.5 Å². The van der Waals surface area contributed by atoms with Crippen molar-refractivity contribution in [3.63, 3.8) is 0 Å². The van der Waals surface area contributed by atoms with Crippen LogP contribution in [0.5, 0.6) is 0 Å². The van der Waals surface area contributed by atoms with E-state index >= 15 is 0 Å². The zero-order chi connectivity index (χ0) is 29.0. The maximum absolute atomic E-state index is 5.36. The summed E-state index contributed by atoms with van der Waals surface area (Å²) in [5, 5.41) is 2.52. The molecule has 3 heteroatoms. The third-order valence-electron chi connectivity index (χ3n) is 8.90. The summed E-state index contributed by atoms with van der Waals surface area (Å²) in [5.74, 6) is 0.786. The zero-order valence-electron chi connectivity index (χ0n) is 23.9. The third-order valence-corrected chi connectivity index (χ3v) is 8.90. The molecule has 9 rings (SSSR count). The van der Waals surface area contributed by atoms with Gasteiger partial charge in [0, 0.05) is 33.2 Å². The number of benzene rings is 6. The number of hydrogen-bond donors (Lipinski definition) is 0. The molecular weight excluding hydrogens is 534 g/mol. The van der Waals surface area contributed by atoms with Gasteiger partial charge in [0.15, 0.2) is 5.82 Å². The van der Waals surface area contributed by atoms with E-state index in [1.165, 1.54) is 38.5 Å². The molecule has 1 atom stereocenters. The predicted octanol–water partition coefficient (Wildman–Crippen LogP) is 10.1. The van der Waals surface area contributed by atoms with Gasteiger partial charge in [0.25, 0.3) is 0 Å². The Morgan fingerprint density at radius 2 is 1.07 bits per heavy atom. The summed E-state index contributed by atoms with van der Waals surface area (Å²) in [7, 11) is 0. The summed E-state index contributed by atoms with van der Waals surface area (Å²) in [5.41, 5.74) is 12.5. The lowest BCUT2D eigenvalue weighted by Crippen LogP contribution is -2.05. The van der Waals surface area contributed by atoms with Crippen LogP contribution in [0.4, 0.5) is 0 Å². The van der Waals surface area contributed by atoms with Crippen LogP contribution < -0.4 is 0 Å². The Hall–Kier alpha value is -5.80. The van der Waals surface area contributed by atoms with Gasteiger partial charge in [-0.3, -0.25) is 0 Å². The largest absolute Gasteiger partial charge is 0.309 e. The molecular formula is C41H27N3. The van der Waals surface area contributed by atoms with E-state index in [9.17, 15) is 0 Å². The van der Waals surface area contributed by atoms with Crippen molar-refractivity contribution < 1.29 is 0 Å². The molecule has 3 nitrogen and oxygen atoms in total. The molecule has 2 aromatic heterocycles. The van der Waals surface area contributed by atoms with E-state index in [4.69, 9.17) is 9.97 Å². The lowest BCUT2D eigenvalue weighted by Gasteiger charge is -2.16. The van der Waals surface area contributed by atoms with Crippen LogP contribution in [-0.2, 0) is 0 Å². The van der Waals surface area contributed by atoms with Crippen LogP contribution in [0.25, 0.3) is 61.3 Å². The predicted molar refractivity (Wildman–Crippen MR) is 180 cm³/mol. The molecule has 8 aromatic rings. The van der Waals surface area contributed by atoms with Crippen molar-refractivity contribution in [1.82, 2.24) is 14.5 Å². The second kappa shape index (κ2) is 9.89. The fourth-order valence-electron chi connectivity index (χ4n) is 6.95. The summed E-state index contributed by atoms with van der Waals surface area (Å²) in [6.45, 7) is 0. The molecule has 0 fully saturated rings. The molecule has 0 amide bonds. The smallest absolute Gasteiger partial charge is 0.160 e. The van der Waals surface area contributed by atoms with Crippen LogP contribution in [0.3, 0.4) is 0 Å². The lowest BCUT2D eigenvalue weighted by molar-refractivity contribution is 0.944. The van der Waals surface area contributed by atoms with Gasteiger partial charge in [-0.25, -0.2) is 9.97 Å². The maximum Gasteiger partial charge on any atom is 0.160 e. The van der Waals surface area contributed by atoms with Gasteiger partial charge < -0.3 is 4.57 Å². The minimum absolute atomic E-state index is 0.0449. The summed E-state index contributed by atoms with van der Waals surface area (Å²) in [6.07, 6.45) is 0. The summed E-state index contributed by atoms with van der Waals surface area (Å²) in [6, 6.07) is 55.9. The molecule has 0 bridgehead atoms. The van der Waals surface area contributed by atoms with Crippen LogP contribution in [0.1, 0.15) is 22.7 Å². The van der Waals surface area contributed by atoms with Crippen LogP contribution in [0, 0.1) is 0 Å². The van der Waals surface area contributed by atoms with Crippen molar-refractivity contribution in [3.05, 3.63) is 175 Å². The molecule has 1 aliphatic carbocycles. The van der Waals surface area contributed by atoms with Crippen LogP contribution in [0.15, 0.2) is 158 Å². The molecule has 206 valence electrons. The first kappa shape index (κ1) is 24.8. The van der Waals surface area contributed by atoms with E-state index in [1.54, 1.807) is 0 Å². The molecule has 0 spiro atoms. The molecule has 2 heterocycles. The second-order valence-corrected chi connectivity index (χ2v) is 11.4. The van der Waals surface area contributed by atoms with Gasteiger partial charge in [-0.15, -0.1) is 0 Å². The summed E-state index contributed by atoms with van der Waals surface area (Å²) >= 11 is 0. The van der Waals surface area contributed by atoms with E-state index in [1.807, 2.05) is 0 Å². The fraction of sp³-hybridized carbons (Fsp3) is 0.0244. The average Bonchev–Trinajstić information content (AvgIpc) is 3.62. The standard InChI is InChI=1S/C41H27N3/c1-3-13-27(14-4-1)37-33-19-7-8-20-34(33)38-39(28-15-5-2-6-16-28)42-41(43-40(37)38)29-23-25-30(26-24-29)44-35-21-11-9-17-31(35)32-18-10-12-22-36(32)44/h1-26,37H. The van der Waals surface area contributed by atoms with Crippen LogP contribution >= 0.6 is 0 Å². The monoisotopic (exact) mass is 561 g/mol. The number of hydrogen-bond acceptors (Lipinski definition) is 2. The van der Waals surface area contributed by atoms with Crippen LogP contribution in [-0.4, -0.2) is 14.5 Å². The highest BCUT2D eigenvalue weighted by Crippen LogP contribution is 2.50. The Morgan fingerprint density at radius 3 is 1.77 bits per heavy atom. The van der Waals surface area contributed by atoms with Crippen molar-refractivity contribution in [1.29, 1.82) is 0 Å². The number of fused-ring (bicyclic) bond motifs is 6. The number of aromatic nitrogens is 3. The van der Waals surface area contributed by atoms with E-state index in [-0.39, 0.29) is 5.92 Å². The van der Waals surface area contributed by atoms with Gasteiger partial charge in [-0.1, -0.05) is 121 Å². The minimum atomic E-state index is 0.0449. The molecule has 6 aromatic carbocycles. The highest BCUT2D eigenvalue weighted by molar-refractivity contribution is 6.09. The topological polar surface area (TPSA) is 30.7 Å². The average molecular weight is 562 g/mol. The SMILES string of the molecule is c1ccc(-c2nc(-c3ccc(-n4c5ccccc5c5ccccc54)cc3)nc3c2-c2ccccc2C3c2ccccc2)cc1. The first-order valence-corrected chi connectivity index (χ1v) is 15.1. The molecule has 0 N–H and O–H groups in total. The lowest BCUT2D eigenvalue weighted by atomic mass is 9.92. The zero-order valence-corrected chi connectivity index (χ0v) is 23.9. The van der Waals surface area contributed by atoms with Gasteiger partial charge in [0.05, 0.1) is 28.3 Å². The first-order chi connectivity index (χ1) is 21.8. The van der Waals surface area contributed by atoms with Gasteiger partial charge >= 0.3 is 0 Å². The van der Waals surface area contributed by atoms with Gasteiger partial charge in [0.1, 0.15) is 0 Å². The van der Waals surface area contributed by atoms with E-state index in [0.717, 1.165) is 39.6 Å². The molecule has 0 saturated heterocycles. The quantitative estimate of drug-likeness (QED) is 0.214. The Labute approximate surface area is 255 Å². The van der Waals surface area contributed by atoms with Crippen molar-refractivity contribution in [2.45, 2.75) is 5.92 Å². The number of nitrogens with zero attached hydrogens (tertiary/aromatic N) is 3. The molecule has 1 aliphatic rings. The molecule has 44 heavy (non-hydrogen) atoms. The Balaban J connectivity index is 1.24. The second-order valence-electron chi connectivity index (χ2n) is 11.4. The molecule has 1 unspecified atom stereocenters. The highest BCUT2D eigenvalue weighted by Gasteiger charge is 2.34.